The topological polar surface area (TPSA) is 44.0 Å². The zero-order chi connectivity index (χ0) is 19.1. The smallest absolute Gasteiger partial charge is 0.251 e. The van der Waals surface area contributed by atoms with Gasteiger partial charge in [0, 0.05) is 37.1 Å². The van der Waals surface area contributed by atoms with Crippen molar-refractivity contribution in [1.82, 2.24) is 9.13 Å². The molecule has 2 heterocycles. The van der Waals surface area contributed by atoms with Gasteiger partial charge in [-0.3, -0.25) is 9.59 Å². The molecule has 0 saturated heterocycles. The quantitative estimate of drug-likeness (QED) is 0.814. The second-order valence-electron chi connectivity index (χ2n) is 9.22. The molecule has 140 valence electrons. The number of hydrogen-bond acceptors (Lipinski definition) is 2. The lowest BCUT2D eigenvalue weighted by Gasteiger charge is -2.26. The van der Waals surface area contributed by atoms with Gasteiger partial charge in [0.25, 0.3) is 11.1 Å². The summed E-state index contributed by atoms with van der Waals surface area (Å²) in [6.07, 6.45) is 6.84. The first-order chi connectivity index (χ1) is 12.1. The Hall–Kier alpha value is -2.10. The van der Waals surface area contributed by atoms with Gasteiger partial charge in [0.2, 0.25) is 0 Å². The highest BCUT2D eigenvalue weighted by atomic mass is 16.1. The van der Waals surface area contributed by atoms with E-state index < -0.39 is 0 Å². The molecule has 0 atom stereocenters. The summed E-state index contributed by atoms with van der Waals surface area (Å²) in [5, 5.41) is 0. The summed E-state index contributed by atoms with van der Waals surface area (Å²) in [6.45, 7) is 11.2. The first-order valence-electron chi connectivity index (χ1n) is 9.52. The van der Waals surface area contributed by atoms with Crippen LogP contribution in [0.2, 0.25) is 0 Å². The van der Waals surface area contributed by atoms with E-state index in [4.69, 9.17) is 0 Å². The molecule has 0 amide bonds. The maximum Gasteiger partial charge on any atom is 0.251 e. The Labute approximate surface area is 155 Å². The van der Waals surface area contributed by atoms with E-state index in [9.17, 15) is 9.59 Å². The third-order valence-electron chi connectivity index (χ3n) is 5.51. The van der Waals surface area contributed by atoms with Gasteiger partial charge in [-0.05, 0) is 53.4 Å². The molecule has 0 bridgehead atoms. The second kappa shape index (κ2) is 6.57. The van der Waals surface area contributed by atoms with E-state index in [-0.39, 0.29) is 21.9 Å². The van der Waals surface area contributed by atoms with Crippen molar-refractivity contribution in [2.24, 2.45) is 0 Å². The van der Waals surface area contributed by atoms with Gasteiger partial charge in [-0.15, -0.1) is 0 Å². The number of pyridine rings is 2. The van der Waals surface area contributed by atoms with Gasteiger partial charge < -0.3 is 9.13 Å². The monoisotopic (exact) mass is 354 g/mol. The van der Waals surface area contributed by atoms with Gasteiger partial charge in [-0.2, -0.15) is 0 Å². The molecule has 3 rings (SSSR count). The average molecular weight is 354 g/mol. The fraction of sp³-hybridized carbons (Fsp3) is 0.545. The molecule has 4 heteroatoms. The third-order valence-corrected chi connectivity index (χ3v) is 5.51. The summed E-state index contributed by atoms with van der Waals surface area (Å²) in [7, 11) is 0. The first kappa shape index (κ1) is 18.7. The molecule has 0 radical (unpaired) electrons. The lowest BCUT2D eigenvalue weighted by Crippen LogP contribution is -2.28. The van der Waals surface area contributed by atoms with E-state index in [1.165, 1.54) is 0 Å². The molecule has 2 aromatic heterocycles. The fourth-order valence-electron chi connectivity index (χ4n) is 3.27. The van der Waals surface area contributed by atoms with Crippen LogP contribution in [0.5, 0.6) is 0 Å². The van der Waals surface area contributed by atoms with Crippen molar-refractivity contribution >= 4 is 0 Å². The standard InChI is InChI=1S/C22H30N2O2/c1-21(2,3)16-8-11-23(19(25)14-16)13-10-22(4,5)17-9-12-24(18-6-7-18)20(26)15-17/h8-9,11-12,14-15,18H,6-7,10,13H2,1-5H3. The fourth-order valence-corrected chi connectivity index (χ4v) is 3.27. The molecule has 1 fully saturated rings. The summed E-state index contributed by atoms with van der Waals surface area (Å²) in [4.78, 5) is 24.8. The van der Waals surface area contributed by atoms with Crippen molar-refractivity contribution in [2.75, 3.05) is 0 Å². The highest BCUT2D eigenvalue weighted by molar-refractivity contribution is 5.22. The summed E-state index contributed by atoms with van der Waals surface area (Å²) >= 11 is 0. The Kier molecular flexibility index (Phi) is 4.72. The largest absolute Gasteiger partial charge is 0.315 e. The second-order valence-corrected chi connectivity index (χ2v) is 9.22. The molecular weight excluding hydrogens is 324 g/mol. The molecule has 1 saturated carbocycles. The zero-order valence-electron chi connectivity index (χ0n) is 16.6. The number of aryl methyl sites for hydroxylation is 1. The van der Waals surface area contributed by atoms with Gasteiger partial charge in [0.05, 0.1) is 0 Å². The summed E-state index contributed by atoms with van der Waals surface area (Å²) in [6, 6.07) is 8.00. The number of nitrogens with zero attached hydrogens (tertiary/aromatic N) is 2. The third kappa shape index (κ3) is 4.00. The molecule has 1 aliphatic carbocycles. The number of aromatic nitrogens is 2. The Morgan fingerprint density at radius 2 is 1.54 bits per heavy atom. The van der Waals surface area contributed by atoms with Crippen LogP contribution in [-0.4, -0.2) is 9.13 Å². The van der Waals surface area contributed by atoms with E-state index in [0.29, 0.717) is 12.6 Å². The van der Waals surface area contributed by atoms with Crippen LogP contribution in [0, 0.1) is 0 Å². The maximum absolute atomic E-state index is 12.4. The van der Waals surface area contributed by atoms with Crippen molar-refractivity contribution in [3.05, 3.63) is 68.5 Å². The van der Waals surface area contributed by atoms with Crippen LogP contribution in [0.25, 0.3) is 0 Å². The van der Waals surface area contributed by atoms with Crippen LogP contribution in [-0.2, 0) is 17.4 Å². The van der Waals surface area contributed by atoms with Crippen LogP contribution < -0.4 is 11.1 Å². The van der Waals surface area contributed by atoms with Crippen LogP contribution >= 0.6 is 0 Å². The Morgan fingerprint density at radius 1 is 0.923 bits per heavy atom. The van der Waals surface area contributed by atoms with Gasteiger partial charge in [-0.25, -0.2) is 0 Å². The van der Waals surface area contributed by atoms with Gasteiger partial charge in [0.1, 0.15) is 0 Å². The first-order valence-corrected chi connectivity index (χ1v) is 9.52. The molecule has 0 N–H and O–H groups in total. The van der Waals surface area contributed by atoms with Gasteiger partial charge in [-0.1, -0.05) is 34.6 Å². The molecule has 2 aromatic rings. The van der Waals surface area contributed by atoms with Crippen LogP contribution in [0.3, 0.4) is 0 Å². The number of rotatable bonds is 5. The summed E-state index contributed by atoms with van der Waals surface area (Å²) in [5.74, 6) is 0. The minimum absolute atomic E-state index is 0.0248. The van der Waals surface area contributed by atoms with Crippen molar-refractivity contribution in [2.45, 2.75) is 77.3 Å². The zero-order valence-corrected chi connectivity index (χ0v) is 16.6. The minimum Gasteiger partial charge on any atom is -0.315 e. The summed E-state index contributed by atoms with van der Waals surface area (Å²) in [5.41, 5.74) is 2.04. The van der Waals surface area contributed by atoms with Crippen LogP contribution in [0.1, 0.15) is 71.0 Å². The lowest BCUT2D eigenvalue weighted by atomic mass is 9.82. The summed E-state index contributed by atoms with van der Waals surface area (Å²) < 4.78 is 3.61. The SMILES string of the molecule is CC(C)(C)c1ccn(CCC(C)(C)c2ccn(C3CC3)c(=O)c2)c(=O)c1. The van der Waals surface area contributed by atoms with E-state index in [0.717, 1.165) is 30.4 Å². The molecule has 0 aliphatic heterocycles. The predicted molar refractivity (Wildman–Crippen MR) is 106 cm³/mol. The van der Waals surface area contributed by atoms with Crippen molar-refractivity contribution in [1.29, 1.82) is 0 Å². The minimum atomic E-state index is -0.163. The van der Waals surface area contributed by atoms with E-state index in [2.05, 4.69) is 40.7 Å². The van der Waals surface area contributed by atoms with E-state index >= 15 is 0 Å². The molecular formula is C22H30N2O2. The van der Waals surface area contributed by atoms with Crippen LogP contribution in [0.15, 0.2) is 46.2 Å². The van der Waals surface area contributed by atoms with Crippen molar-refractivity contribution in [3.63, 3.8) is 0 Å². The molecule has 0 unspecified atom stereocenters. The van der Waals surface area contributed by atoms with Gasteiger partial charge >= 0.3 is 0 Å². The highest BCUT2D eigenvalue weighted by Gasteiger charge is 2.26. The van der Waals surface area contributed by atoms with Crippen molar-refractivity contribution < 1.29 is 0 Å². The molecule has 0 spiro atoms. The Bertz CT molecular complexity index is 909. The average Bonchev–Trinajstić information content (AvgIpc) is 3.37. The molecule has 4 nitrogen and oxygen atoms in total. The van der Waals surface area contributed by atoms with E-state index in [1.54, 1.807) is 16.7 Å². The number of hydrogen-bond donors (Lipinski definition) is 0. The Morgan fingerprint density at radius 3 is 2.08 bits per heavy atom. The highest BCUT2D eigenvalue weighted by Crippen LogP contribution is 2.34. The van der Waals surface area contributed by atoms with Crippen LogP contribution in [0.4, 0.5) is 0 Å². The Balaban J connectivity index is 1.75. The van der Waals surface area contributed by atoms with Crippen molar-refractivity contribution in [3.8, 4) is 0 Å². The normalized spacial score (nSPS) is 15.3. The lowest BCUT2D eigenvalue weighted by molar-refractivity contribution is 0.430. The maximum atomic E-state index is 12.4. The molecule has 0 aromatic carbocycles. The molecule has 26 heavy (non-hydrogen) atoms. The molecule has 1 aliphatic rings. The predicted octanol–water partition coefficient (Wildman–Crippen LogP) is 4.01. The van der Waals surface area contributed by atoms with E-state index in [1.807, 2.05) is 23.0 Å². The van der Waals surface area contributed by atoms with Gasteiger partial charge in [0.15, 0.2) is 0 Å².